The molecule has 10 nitrogen and oxygen atoms in total. The molecule has 0 aliphatic carbocycles. The molecule has 3 heterocycles. The van der Waals surface area contributed by atoms with Crippen LogP contribution in [0.1, 0.15) is 12.1 Å². The summed E-state index contributed by atoms with van der Waals surface area (Å²) in [4.78, 5) is 47.8. The Labute approximate surface area is 225 Å². The summed E-state index contributed by atoms with van der Waals surface area (Å²) >= 11 is 0. The number of ether oxygens (including phenoxy) is 1. The van der Waals surface area contributed by atoms with E-state index in [-0.39, 0.29) is 43.1 Å². The summed E-state index contributed by atoms with van der Waals surface area (Å²) in [5.74, 6) is -6.59. The second-order valence-corrected chi connectivity index (χ2v) is 11.9. The number of hydrogen-bond acceptors (Lipinski definition) is 7. The molecule has 2 aliphatic rings. The van der Waals surface area contributed by atoms with Gasteiger partial charge in [0.1, 0.15) is 10.6 Å². The Morgan fingerprint density at radius 2 is 1.80 bits per heavy atom. The second-order valence-electron chi connectivity index (χ2n) is 9.45. The first-order valence-electron chi connectivity index (χ1n) is 11.9. The molecule has 220 valence electrons. The number of anilines is 1. The molecular formula is C23H26F6N6O4S. The van der Waals surface area contributed by atoms with Crippen molar-refractivity contribution in [2.24, 2.45) is 0 Å². The monoisotopic (exact) mass is 596 g/mol. The lowest BCUT2D eigenvalue weighted by molar-refractivity contribution is -0.154. The van der Waals surface area contributed by atoms with E-state index in [2.05, 4.69) is 15.3 Å². The minimum absolute atomic E-state index is 0.00706. The summed E-state index contributed by atoms with van der Waals surface area (Å²) in [7, 11) is -7.26. The van der Waals surface area contributed by atoms with Gasteiger partial charge in [0.15, 0.2) is 0 Å². The molecule has 1 aromatic carbocycles. The molecule has 4 rings (SSSR count). The number of halogens is 6. The first-order valence-corrected chi connectivity index (χ1v) is 13.8. The normalized spacial score (nSPS) is 23.2. The van der Waals surface area contributed by atoms with Gasteiger partial charge < -0.3 is 19.9 Å². The van der Waals surface area contributed by atoms with Crippen LogP contribution in [-0.2, 0) is 24.9 Å². The van der Waals surface area contributed by atoms with Crippen molar-refractivity contribution in [3.8, 4) is 0 Å². The number of carbonyl (C=O) groups is 3. The van der Waals surface area contributed by atoms with Gasteiger partial charge in [0.25, 0.3) is 5.91 Å². The SMILES string of the molecule is CO[C@H]1CN[C@@H](C(=O)N(c2ccc(S(F)(F)(F)(F)F)cc2)C(F)(C(=O)N2CCN(C)C(=O)C2)c2cnccn2)C1. The fourth-order valence-corrected chi connectivity index (χ4v) is 5.12. The van der Waals surface area contributed by atoms with Gasteiger partial charge in [-0.2, -0.15) is 0 Å². The molecule has 0 radical (unpaired) electrons. The van der Waals surface area contributed by atoms with Crippen molar-refractivity contribution in [1.29, 1.82) is 0 Å². The van der Waals surface area contributed by atoms with Crippen molar-refractivity contribution < 1.29 is 42.9 Å². The Balaban J connectivity index is 1.88. The van der Waals surface area contributed by atoms with E-state index in [1.807, 2.05) is 0 Å². The van der Waals surface area contributed by atoms with Gasteiger partial charge in [0.05, 0.1) is 24.9 Å². The molecule has 2 saturated heterocycles. The number of amides is 3. The van der Waals surface area contributed by atoms with E-state index in [9.17, 15) is 33.8 Å². The van der Waals surface area contributed by atoms with Gasteiger partial charge in [0, 0.05) is 51.9 Å². The van der Waals surface area contributed by atoms with Crippen LogP contribution in [-0.4, -0.2) is 90.0 Å². The zero-order valence-electron chi connectivity index (χ0n) is 21.3. The number of piperazine rings is 1. The van der Waals surface area contributed by atoms with E-state index >= 15 is 4.39 Å². The zero-order chi connectivity index (χ0) is 29.6. The first-order chi connectivity index (χ1) is 18.4. The molecule has 2 aromatic rings. The topological polar surface area (TPSA) is 108 Å². The maximum absolute atomic E-state index is 17.5. The lowest BCUT2D eigenvalue weighted by Gasteiger charge is -2.42. The number of hydrogen-bond donors (Lipinski definition) is 1. The van der Waals surface area contributed by atoms with Gasteiger partial charge >= 0.3 is 16.0 Å². The average molecular weight is 597 g/mol. The standard InChI is InChI=1S/C23H26F6N6O4S/c1-33-9-10-34(14-20(33)36)22(38)23(24,19-13-30-7-8-31-19)35(21(37)18-11-16(39-2)12-32-18)15-3-5-17(6-4-15)40(25,26,27,28)29/h3-8,13,16,18,32H,9-12,14H2,1-2H3/t16-,18-,23?/m1/s1. The summed E-state index contributed by atoms with van der Waals surface area (Å²) in [6, 6.07) is -0.202. The number of alkyl halides is 1. The first kappa shape index (κ1) is 29.5. The van der Waals surface area contributed by atoms with Gasteiger partial charge in [-0.15, -0.1) is 0 Å². The van der Waals surface area contributed by atoms with Crippen LogP contribution in [0.3, 0.4) is 0 Å². The van der Waals surface area contributed by atoms with Crippen molar-refractivity contribution in [3.05, 3.63) is 48.5 Å². The van der Waals surface area contributed by atoms with E-state index in [1.54, 1.807) is 0 Å². The Bertz CT molecular complexity index is 1300. The fourth-order valence-electron chi connectivity index (χ4n) is 4.47. The van der Waals surface area contributed by atoms with Crippen LogP contribution in [0.15, 0.2) is 47.8 Å². The molecule has 3 amide bonds. The highest BCUT2D eigenvalue weighted by molar-refractivity contribution is 8.45. The summed E-state index contributed by atoms with van der Waals surface area (Å²) < 4.78 is 89.8. The molecule has 2 fully saturated rings. The van der Waals surface area contributed by atoms with Crippen LogP contribution < -0.4 is 10.2 Å². The van der Waals surface area contributed by atoms with Crippen LogP contribution >= 0.6 is 10.2 Å². The number of likely N-dealkylation sites (N-methyl/N-ethyl adjacent to an activating group) is 1. The molecule has 1 aromatic heterocycles. The number of rotatable bonds is 7. The van der Waals surface area contributed by atoms with Gasteiger partial charge in [-0.25, -0.2) is 4.39 Å². The van der Waals surface area contributed by atoms with Crippen LogP contribution in [0.4, 0.5) is 29.5 Å². The van der Waals surface area contributed by atoms with E-state index < -0.39 is 68.7 Å². The number of methoxy groups -OCH3 is 1. The van der Waals surface area contributed by atoms with Crippen LogP contribution in [0, 0.1) is 0 Å². The highest BCUT2D eigenvalue weighted by atomic mass is 32.5. The third-order valence-corrected chi connectivity index (χ3v) is 7.88. The average Bonchev–Trinajstić information content (AvgIpc) is 3.39. The molecule has 40 heavy (non-hydrogen) atoms. The molecular weight excluding hydrogens is 570 g/mol. The molecule has 1 N–H and O–H groups in total. The Hall–Kier alpha value is -3.44. The van der Waals surface area contributed by atoms with Crippen LogP contribution in [0.25, 0.3) is 0 Å². The highest BCUT2D eigenvalue weighted by Crippen LogP contribution is 3.02. The number of nitrogens with one attached hydrogen (secondary N) is 1. The lowest BCUT2D eigenvalue weighted by atomic mass is 10.0. The third-order valence-electron chi connectivity index (χ3n) is 6.72. The fraction of sp³-hybridized carbons (Fsp3) is 0.435. The maximum Gasteiger partial charge on any atom is 0.312 e. The van der Waals surface area contributed by atoms with E-state index in [0.717, 1.165) is 23.5 Å². The maximum atomic E-state index is 17.5. The van der Waals surface area contributed by atoms with E-state index in [4.69, 9.17) is 4.74 Å². The van der Waals surface area contributed by atoms with E-state index in [0.29, 0.717) is 12.1 Å². The number of nitrogens with zero attached hydrogens (tertiary/aromatic N) is 5. The van der Waals surface area contributed by atoms with Crippen LogP contribution in [0.2, 0.25) is 0 Å². The predicted molar refractivity (Wildman–Crippen MR) is 132 cm³/mol. The number of aromatic nitrogens is 2. The Kier molecular flexibility index (Phi) is 7.08. The molecule has 1 unspecified atom stereocenters. The van der Waals surface area contributed by atoms with E-state index in [1.165, 1.54) is 19.1 Å². The van der Waals surface area contributed by atoms with Crippen molar-refractivity contribution in [2.45, 2.75) is 29.3 Å². The second kappa shape index (κ2) is 9.59. The molecule has 0 spiro atoms. The van der Waals surface area contributed by atoms with Gasteiger partial charge in [-0.3, -0.25) is 29.3 Å². The molecule has 2 aliphatic heterocycles. The minimum atomic E-state index is -10.1. The molecule has 0 bridgehead atoms. The molecule has 17 heteroatoms. The predicted octanol–water partition coefficient (Wildman–Crippen LogP) is 2.97. The van der Waals surface area contributed by atoms with Gasteiger partial charge in [-0.1, -0.05) is 19.4 Å². The quantitative estimate of drug-likeness (QED) is 0.387. The molecule has 0 saturated carbocycles. The third kappa shape index (κ3) is 5.71. The smallest absolute Gasteiger partial charge is 0.312 e. The van der Waals surface area contributed by atoms with Crippen molar-refractivity contribution in [2.75, 3.05) is 45.2 Å². The summed E-state index contributed by atoms with van der Waals surface area (Å²) in [5.41, 5.74) is -1.35. The van der Waals surface area contributed by atoms with Crippen molar-refractivity contribution >= 4 is 33.6 Å². The Morgan fingerprint density at radius 1 is 1.12 bits per heavy atom. The van der Waals surface area contributed by atoms with Crippen molar-refractivity contribution in [3.63, 3.8) is 0 Å². The number of carbonyl (C=O) groups excluding carboxylic acids is 3. The lowest BCUT2D eigenvalue weighted by Crippen LogP contribution is -2.63. The minimum Gasteiger partial charge on any atom is -0.380 e. The Morgan fingerprint density at radius 3 is 2.33 bits per heavy atom. The summed E-state index contributed by atoms with van der Waals surface area (Å²) in [5, 5.41) is 2.81. The van der Waals surface area contributed by atoms with Gasteiger partial charge in [0.2, 0.25) is 11.8 Å². The van der Waals surface area contributed by atoms with Gasteiger partial charge in [-0.05, 0) is 30.7 Å². The summed E-state index contributed by atoms with van der Waals surface area (Å²) in [6.07, 6.45) is 2.56. The zero-order valence-corrected chi connectivity index (χ0v) is 22.1. The summed E-state index contributed by atoms with van der Waals surface area (Å²) in [6.45, 7) is -0.492. The highest BCUT2D eigenvalue weighted by Gasteiger charge is 2.65. The van der Waals surface area contributed by atoms with Crippen molar-refractivity contribution in [1.82, 2.24) is 25.1 Å². The molecule has 3 atom stereocenters. The largest absolute Gasteiger partial charge is 0.380 e. The van der Waals surface area contributed by atoms with Crippen LogP contribution in [0.5, 0.6) is 0 Å². The number of benzene rings is 1.